The van der Waals surface area contributed by atoms with Gasteiger partial charge in [-0.25, -0.2) is 8.42 Å². The van der Waals surface area contributed by atoms with Crippen LogP contribution in [0.2, 0.25) is 0 Å². The first-order chi connectivity index (χ1) is 12.4. The molecule has 1 aromatic heterocycles. The summed E-state index contributed by atoms with van der Waals surface area (Å²) in [5.74, 6) is -0.354. The van der Waals surface area contributed by atoms with E-state index < -0.39 is 10.0 Å². The molecule has 134 valence electrons. The van der Waals surface area contributed by atoms with Crippen LogP contribution in [0, 0.1) is 0 Å². The predicted octanol–water partition coefficient (Wildman–Crippen LogP) is 2.67. The van der Waals surface area contributed by atoms with Crippen molar-refractivity contribution in [2.45, 2.75) is 4.90 Å². The van der Waals surface area contributed by atoms with Crippen molar-refractivity contribution in [3.8, 4) is 0 Å². The zero-order valence-corrected chi connectivity index (χ0v) is 15.0. The number of aromatic nitrogens is 1. The average Bonchev–Trinajstić information content (AvgIpc) is 2.67. The molecule has 1 heterocycles. The second kappa shape index (κ2) is 7.20. The molecule has 0 fully saturated rings. The summed E-state index contributed by atoms with van der Waals surface area (Å²) in [6.45, 7) is 0. The van der Waals surface area contributed by atoms with Gasteiger partial charge in [0, 0.05) is 24.2 Å². The largest absolute Gasteiger partial charge is 0.320 e. The summed E-state index contributed by atoms with van der Waals surface area (Å²) in [6.07, 6.45) is 1.66. The van der Waals surface area contributed by atoms with Crippen LogP contribution in [-0.2, 0) is 14.9 Å². The highest BCUT2D eigenvalue weighted by Crippen LogP contribution is 2.22. The molecule has 1 amide bonds. The first-order valence-corrected chi connectivity index (χ1v) is 9.15. The van der Waals surface area contributed by atoms with Gasteiger partial charge in [-0.05, 0) is 36.4 Å². The Bertz CT molecular complexity index is 1040. The Balaban J connectivity index is 1.85. The first kappa shape index (κ1) is 18.0. The third-order valence-corrected chi connectivity index (χ3v) is 5.58. The van der Waals surface area contributed by atoms with E-state index in [1.807, 2.05) is 24.3 Å². The van der Waals surface area contributed by atoms with E-state index in [1.165, 1.54) is 38.4 Å². The maximum absolute atomic E-state index is 12.5. The molecule has 1 N–H and O–H groups in total. The molecule has 0 unspecified atom stereocenters. The number of rotatable bonds is 5. The summed E-state index contributed by atoms with van der Waals surface area (Å²) < 4.78 is 25.1. The van der Waals surface area contributed by atoms with Crippen molar-refractivity contribution in [3.63, 3.8) is 0 Å². The van der Waals surface area contributed by atoms with E-state index in [0.29, 0.717) is 16.8 Å². The van der Waals surface area contributed by atoms with Crippen LogP contribution in [0.4, 0.5) is 5.69 Å². The van der Waals surface area contributed by atoms with E-state index in [4.69, 9.17) is 4.84 Å². The number of sulfonamides is 1. The number of fused-ring (bicyclic) bond motifs is 1. The van der Waals surface area contributed by atoms with Crippen LogP contribution in [0.3, 0.4) is 0 Å². The number of amides is 1. The number of hydrogen-bond acceptors (Lipinski definition) is 5. The number of nitrogens with zero attached hydrogens (tertiary/aromatic N) is 2. The third-order valence-electron chi connectivity index (χ3n) is 3.89. The molecule has 8 heteroatoms. The molecule has 0 aliphatic rings. The number of nitrogens with one attached hydrogen (secondary N) is 1. The van der Waals surface area contributed by atoms with Gasteiger partial charge in [0.1, 0.15) is 0 Å². The van der Waals surface area contributed by atoms with Crippen molar-refractivity contribution in [1.29, 1.82) is 0 Å². The highest BCUT2D eigenvalue weighted by Gasteiger charge is 2.21. The minimum absolute atomic E-state index is 0.0326. The number of hydrogen-bond donors (Lipinski definition) is 1. The molecule has 0 saturated heterocycles. The second-order valence-corrected chi connectivity index (χ2v) is 7.39. The monoisotopic (exact) mass is 371 g/mol. The Morgan fingerprint density at radius 3 is 2.46 bits per heavy atom. The second-order valence-electron chi connectivity index (χ2n) is 5.46. The number of carbonyl (C=O) groups excluding carboxylic acids is 1. The summed E-state index contributed by atoms with van der Waals surface area (Å²) in [4.78, 5) is 21.5. The minimum atomic E-state index is -3.75. The fourth-order valence-electron chi connectivity index (χ4n) is 2.42. The molecule has 0 radical (unpaired) electrons. The van der Waals surface area contributed by atoms with Crippen molar-refractivity contribution in [2.24, 2.45) is 0 Å². The highest BCUT2D eigenvalue weighted by atomic mass is 32.2. The molecular weight excluding hydrogens is 354 g/mol. The van der Waals surface area contributed by atoms with Crippen molar-refractivity contribution < 1.29 is 18.0 Å². The van der Waals surface area contributed by atoms with Gasteiger partial charge in [-0.2, -0.15) is 0 Å². The van der Waals surface area contributed by atoms with E-state index >= 15 is 0 Å². The Labute approximate surface area is 151 Å². The zero-order valence-electron chi connectivity index (χ0n) is 14.2. The van der Waals surface area contributed by atoms with E-state index in [1.54, 1.807) is 12.3 Å². The molecular formula is C18H17N3O4S. The Morgan fingerprint density at radius 1 is 1.08 bits per heavy atom. The molecule has 0 saturated carbocycles. The summed E-state index contributed by atoms with van der Waals surface area (Å²) in [7, 11) is -1.19. The zero-order chi connectivity index (χ0) is 18.7. The van der Waals surface area contributed by atoms with Crippen LogP contribution in [0.1, 0.15) is 10.4 Å². The van der Waals surface area contributed by atoms with Gasteiger partial charge in [-0.15, -0.1) is 0 Å². The lowest BCUT2D eigenvalue weighted by Crippen LogP contribution is -2.25. The maximum atomic E-state index is 12.5. The minimum Gasteiger partial charge on any atom is -0.320 e. The lowest BCUT2D eigenvalue weighted by molar-refractivity contribution is -0.0258. The van der Waals surface area contributed by atoms with E-state index in [0.717, 1.165) is 9.85 Å². The smallest absolute Gasteiger partial charge is 0.264 e. The lowest BCUT2D eigenvalue weighted by Gasteiger charge is -2.14. The number of benzene rings is 2. The summed E-state index contributed by atoms with van der Waals surface area (Å²) in [5.41, 5.74) is 1.60. The summed E-state index contributed by atoms with van der Waals surface area (Å²) >= 11 is 0. The number of anilines is 1. The maximum Gasteiger partial charge on any atom is 0.264 e. The van der Waals surface area contributed by atoms with Gasteiger partial charge in [0.05, 0.1) is 23.2 Å². The quantitative estimate of drug-likeness (QED) is 0.697. The van der Waals surface area contributed by atoms with Crippen molar-refractivity contribution in [2.75, 3.05) is 19.5 Å². The molecule has 3 aromatic rings. The van der Waals surface area contributed by atoms with Gasteiger partial charge in [0.25, 0.3) is 15.9 Å². The predicted molar refractivity (Wildman–Crippen MR) is 98.1 cm³/mol. The molecule has 3 rings (SSSR count). The first-order valence-electron chi connectivity index (χ1n) is 7.71. The summed E-state index contributed by atoms with van der Waals surface area (Å²) in [5, 5.41) is 3.72. The average molecular weight is 371 g/mol. The Morgan fingerprint density at radius 2 is 1.77 bits per heavy atom. The Kier molecular flexibility index (Phi) is 4.99. The number of hydroxylamine groups is 1. The fraction of sp³-hybridized carbons (Fsp3) is 0.111. The highest BCUT2D eigenvalue weighted by molar-refractivity contribution is 7.89. The van der Waals surface area contributed by atoms with E-state index in [2.05, 4.69) is 10.3 Å². The van der Waals surface area contributed by atoms with Crippen LogP contribution < -0.4 is 5.32 Å². The van der Waals surface area contributed by atoms with Gasteiger partial charge in [0.15, 0.2) is 0 Å². The molecule has 0 spiro atoms. The Hall–Kier alpha value is -2.81. The van der Waals surface area contributed by atoms with E-state index in [9.17, 15) is 13.2 Å². The fourth-order valence-corrected chi connectivity index (χ4v) is 3.40. The van der Waals surface area contributed by atoms with Crippen molar-refractivity contribution in [3.05, 3.63) is 66.4 Å². The number of para-hydroxylation sites is 1. The standard InChI is InChI=1S/C18H17N3O4S/c1-21(25-2)26(23,24)15-10-8-14(9-11-15)18(22)20-16-7-3-5-13-6-4-12-19-17(13)16/h3-12H,1-2H3,(H,20,22). The van der Waals surface area contributed by atoms with E-state index in [-0.39, 0.29) is 10.8 Å². The van der Waals surface area contributed by atoms with Crippen LogP contribution in [-0.4, -0.2) is 37.9 Å². The molecule has 26 heavy (non-hydrogen) atoms. The van der Waals surface area contributed by atoms with Gasteiger partial charge in [-0.1, -0.05) is 22.7 Å². The van der Waals surface area contributed by atoms with Crippen molar-refractivity contribution in [1.82, 2.24) is 9.45 Å². The lowest BCUT2D eigenvalue weighted by atomic mass is 10.1. The summed E-state index contributed by atoms with van der Waals surface area (Å²) in [6, 6.07) is 14.9. The van der Waals surface area contributed by atoms with Gasteiger partial charge >= 0.3 is 0 Å². The van der Waals surface area contributed by atoms with Crippen LogP contribution in [0.5, 0.6) is 0 Å². The van der Waals surface area contributed by atoms with Gasteiger partial charge < -0.3 is 5.32 Å². The topological polar surface area (TPSA) is 88.6 Å². The van der Waals surface area contributed by atoms with Crippen LogP contribution in [0.15, 0.2) is 65.7 Å². The van der Waals surface area contributed by atoms with Crippen LogP contribution >= 0.6 is 0 Å². The number of pyridine rings is 1. The SMILES string of the molecule is CON(C)S(=O)(=O)c1ccc(C(=O)Nc2cccc3cccnc23)cc1. The molecule has 0 bridgehead atoms. The van der Waals surface area contributed by atoms with Gasteiger partial charge in [0.2, 0.25) is 0 Å². The third kappa shape index (κ3) is 3.43. The van der Waals surface area contributed by atoms with Crippen molar-refractivity contribution >= 4 is 32.5 Å². The number of carbonyl (C=O) groups is 1. The van der Waals surface area contributed by atoms with Gasteiger partial charge in [-0.3, -0.25) is 14.6 Å². The van der Waals surface area contributed by atoms with Crippen LogP contribution in [0.25, 0.3) is 10.9 Å². The molecule has 0 aliphatic heterocycles. The normalized spacial score (nSPS) is 11.7. The molecule has 0 atom stereocenters. The molecule has 2 aromatic carbocycles. The molecule has 0 aliphatic carbocycles. The molecule has 7 nitrogen and oxygen atoms in total.